The second kappa shape index (κ2) is 13.4. The molecular weight excluding hydrogens is 306 g/mol. The minimum Gasteiger partial charge on any atom is -0.377 e. The van der Waals surface area contributed by atoms with E-state index in [1.807, 2.05) is 0 Å². The van der Waals surface area contributed by atoms with Crippen molar-refractivity contribution in [2.45, 2.75) is 65.2 Å². The van der Waals surface area contributed by atoms with E-state index in [1.54, 1.807) is 0 Å². The Labute approximate surface area is 146 Å². The van der Waals surface area contributed by atoms with E-state index in [2.05, 4.69) is 12.2 Å². The van der Waals surface area contributed by atoms with Gasteiger partial charge in [-0.2, -0.15) is 0 Å². The average Bonchev–Trinajstić information content (AvgIpc) is 2.57. The van der Waals surface area contributed by atoms with Crippen LogP contribution in [0.1, 0.15) is 65.2 Å². The van der Waals surface area contributed by atoms with E-state index >= 15 is 0 Å². The summed E-state index contributed by atoms with van der Waals surface area (Å²) in [5.74, 6) is 1.21. The number of carbonyl (C=O) groups is 2. The molecule has 1 aliphatic carbocycles. The summed E-state index contributed by atoms with van der Waals surface area (Å²) in [5.41, 5.74) is 0. The van der Waals surface area contributed by atoms with Gasteiger partial charge in [-0.1, -0.05) is 32.6 Å². The highest BCUT2D eigenvalue weighted by atomic mass is 16.5. The van der Waals surface area contributed by atoms with Crippen LogP contribution in [0.5, 0.6) is 0 Å². The molecule has 0 bridgehead atoms. The van der Waals surface area contributed by atoms with Crippen molar-refractivity contribution in [3.63, 3.8) is 0 Å². The summed E-state index contributed by atoms with van der Waals surface area (Å²) >= 11 is 0. The van der Waals surface area contributed by atoms with Crippen LogP contribution in [-0.2, 0) is 19.1 Å². The average molecular weight is 341 g/mol. The minimum absolute atomic E-state index is 0.0161. The number of ether oxygens (including phenoxy) is 2. The molecule has 0 spiro atoms. The first kappa shape index (κ1) is 21.1. The lowest BCUT2D eigenvalue weighted by atomic mass is 9.79. The fraction of sp³-hybridized carbons (Fsp3) is 0.895. The maximum Gasteiger partial charge on any atom is 0.223 e. The van der Waals surface area contributed by atoms with E-state index in [-0.39, 0.29) is 24.2 Å². The predicted molar refractivity (Wildman–Crippen MR) is 94.9 cm³/mol. The summed E-state index contributed by atoms with van der Waals surface area (Å²) in [6, 6.07) is 0. The zero-order valence-electron chi connectivity index (χ0n) is 15.5. The second-order valence-electron chi connectivity index (χ2n) is 6.87. The van der Waals surface area contributed by atoms with Crippen LogP contribution in [0.2, 0.25) is 0 Å². The first-order valence-electron chi connectivity index (χ1n) is 9.56. The van der Waals surface area contributed by atoms with Gasteiger partial charge in [-0.3, -0.25) is 9.59 Å². The van der Waals surface area contributed by atoms with Crippen molar-refractivity contribution in [2.24, 2.45) is 11.8 Å². The molecule has 0 heterocycles. The van der Waals surface area contributed by atoms with Gasteiger partial charge in [0, 0.05) is 12.5 Å². The van der Waals surface area contributed by atoms with Crippen LogP contribution >= 0.6 is 0 Å². The third-order valence-electron chi connectivity index (χ3n) is 4.66. The molecule has 1 saturated carbocycles. The molecule has 1 amide bonds. The van der Waals surface area contributed by atoms with Crippen LogP contribution in [0, 0.1) is 11.8 Å². The van der Waals surface area contributed by atoms with Crippen LogP contribution < -0.4 is 5.32 Å². The second-order valence-corrected chi connectivity index (χ2v) is 6.87. The Bertz CT molecular complexity index is 351. The predicted octanol–water partition coefficient (Wildman–Crippen LogP) is 3.11. The monoisotopic (exact) mass is 341 g/mol. The van der Waals surface area contributed by atoms with Gasteiger partial charge in [0.25, 0.3) is 0 Å². The molecule has 5 nitrogen and oxygen atoms in total. The number of carbonyl (C=O) groups excluding carboxylic acids is 2. The molecule has 1 fully saturated rings. The highest BCUT2D eigenvalue weighted by Crippen LogP contribution is 2.32. The Morgan fingerprint density at radius 3 is 2.38 bits per heavy atom. The number of nitrogens with one attached hydrogen (secondary N) is 1. The molecule has 24 heavy (non-hydrogen) atoms. The number of amides is 1. The van der Waals surface area contributed by atoms with E-state index in [0.717, 1.165) is 18.8 Å². The quantitative estimate of drug-likeness (QED) is 0.523. The summed E-state index contributed by atoms with van der Waals surface area (Å²) < 4.78 is 10.5. The smallest absolute Gasteiger partial charge is 0.223 e. The first-order valence-corrected chi connectivity index (χ1v) is 9.56. The lowest BCUT2D eigenvalue weighted by Crippen LogP contribution is -2.35. The van der Waals surface area contributed by atoms with Crippen LogP contribution in [0.15, 0.2) is 0 Å². The van der Waals surface area contributed by atoms with E-state index in [9.17, 15) is 9.59 Å². The van der Waals surface area contributed by atoms with Crippen LogP contribution in [0.4, 0.5) is 0 Å². The molecule has 0 atom stereocenters. The van der Waals surface area contributed by atoms with Gasteiger partial charge in [0.2, 0.25) is 5.91 Å². The molecule has 0 aromatic carbocycles. The maximum atomic E-state index is 12.1. The molecule has 0 aromatic heterocycles. The molecular formula is C19H35NO4. The Hall–Kier alpha value is -0.940. The van der Waals surface area contributed by atoms with Crippen molar-refractivity contribution in [1.82, 2.24) is 5.32 Å². The van der Waals surface area contributed by atoms with Gasteiger partial charge in [-0.25, -0.2) is 0 Å². The van der Waals surface area contributed by atoms with Gasteiger partial charge in [0.1, 0.15) is 6.61 Å². The molecule has 0 unspecified atom stereocenters. The van der Waals surface area contributed by atoms with E-state index in [4.69, 9.17) is 9.47 Å². The molecule has 0 radical (unpaired) electrons. The fourth-order valence-electron chi connectivity index (χ4n) is 3.22. The van der Waals surface area contributed by atoms with Gasteiger partial charge in [-0.15, -0.1) is 0 Å². The summed E-state index contributed by atoms with van der Waals surface area (Å²) in [6.45, 7) is 5.77. The first-order chi connectivity index (χ1) is 11.6. The SMILES string of the molecule is CCCCCC1CCC(C(=O)NCCOCCOCC(C)=O)CC1. The zero-order valence-corrected chi connectivity index (χ0v) is 15.5. The molecule has 0 aliphatic heterocycles. The van der Waals surface area contributed by atoms with Gasteiger partial charge in [-0.05, 0) is 38.5 Å². The third kappa shape index (κ3) is 10.0. The molecule has 1 aliphatic rings. The topological polar surface area (TPSA) is 64.6 Å². The Kier molecular flexibility index (Phi) is 11.7. The Morgan fingerprint density at radius 2 is 1.71 bits per heavy atom. The maximum absolute atomic E-state index is 12.1. The Balaban J connectivity index is 1.97. The summed E-state index contributed by atoms with van der Waals surface area (Å²) in [7, 11) is 0. The summed E-state index contributed by atoms with van der Waals surface area (Å²) in [5, 5.41) is 2.97. The molecule has 1 rings (SSSR count). The van der Waals surface area contributed by atoms with Crippen molar-refractivity contribution < 1.29 is 19.1 Å². The van der Waals surface area contributed by atoms with Crippen molar-refractivity contribution >= 4 is 11.7 Å². The number of hydrogen-bond donors (Lipinski definition) is 1. The van der Waals surface area contributed by atoms with Crippen molar-refractivity contribution in [3.05, 3.63) is 0 Å². The van der Waals surface area contributed by atoms with Gasteiger partial charge in [0.05, 0.1) is 19.8 Å². The lowest BCUT2D eigenvalue weighted by Gasteiger charge is -2.27. The number of rotatable bonds is 13. The standard InChI is InChI=1S/C19H35NO4/c1-3-4-5-6-17-7-9-18(10-8-17)19(22)20-11-12-23-13-14-24-15-16(2)21/h17-18H,3-15H2,1-2H3,(H,20,22). The molecule has 0 saturated heterocycles. The molecule has 1 N–H and O–H groups in total. The van der Waals surface area contributed by atoms with E-state index < -0.39 is 0 Å². The van der Waals surface area contributed by atoms with Crippen LogP contribution in [-0.4, -0.2) is 44.7 Å². The highest BCUT2D eigenvalue weighted by Gasteiger charge is 2.25. The summed E-state index contributed by atoms with van der Waals surface area (Å²) in [6.07, 6.45) is 9.75. The molecule has 140 valence electrons. The van der Waals surface area contributed by atoms with E-state index in [0.29, 0.717) is 26.4 Å². The van der Waals surface area contributed by atoms with Crippen LogP contribution in [0.25, 0.3) is 0 Å². The Morgan fingerprint density at radius 1 is 1.00 bits per heavy atom. The van der Waals surface area contributed by atoms with Gasteiger partial charge in [0.15, 0.2) is 5.78 Å². The number of hydrogen-bond acceptors (Lipinski definition) is 4. The molecule has 0 aromatic rings. The fourth-order valence-corrected chi connectivity index (χ4v) is 3.22. The van der Waals surface area contributed by atoms with Crippen molar-refractivity contribution in [3.8, 4) is 0 Å². The van der Waals surface area contributed by atoms with E-state index in [1.165, 1.54) is 45.4 Å². The normalized spacial score (nSPS) is 20.8. The third-order valence-corrected chi connectivity index (χ3v) is 4.66. The van der Waals surface area contributed by atoms with Gasteiger partial charge >= 0.3 is 0 Å². The number of ketones is 1. The number of unbranched alkanes of at least 4 members (excludes halogenated alkanes) is 2. The van der Waals surface area contributed by atoms with Crippen molar-refractivity contribution in [2.75, 3.05) is 33.0 Å². The van der Waals surface area contributed by atoms with Crippen molar-refractivity contribution in [1.29, 1.82) is 0 Å². The lowest BCUT2D eigenvalue weighted by molar-refractivity contribution is -0.126. The summed E-state index contributed by atoms with van der Waals surface area (Å²) in [4.78, 5) is 22.8. The molecule has 5 heteroatoms. The number of Topliss-reactive ketones (excluding diaryl/α,β-unsaturated/α-hetero) is 1. The highest BCUT2D eigenvalue weighted by molar-refractivity contribution is 5.78. The largest absolute Gasteiger partial charge is 0.377 e. The van der Waals surface area contributed by atoms with Gasteiger partial charge < -0.3 is 14.8 Å². The van der Waals surface area contributed by atoms with Crippen LogP contribution in [0.3, 0.4) is 0 Å². The minimum atomic E-state index is 0.0161. The zero-order chi connectivity index (χ0) is 17.6.